The minimum absolute atomic E-state index is 0. The van der Waals surface area contributed by atoms with Crippen molar-refractivity contribution in [3.8, 4) is 0 Å². The number of aryl methyl sites for hydroxylation is 2. The molecule has 10 heteroatoms. The Balaban J connectivity index is 0.00000364. The second-order valence-electron chi connectivity index (χ2n) is 5.88. The van der Waals surface area contributed by atoms with E-state index in [-0.39, 0.29) is 55.3 Å². The average Bonchev–Trinajstić information content (AvgIpc) is 2.60. The number of carbonyl (C=O) groups is 1. The molecule has 0 atom stereocenters. The third-order valence-corrected chi connectivity index (χ3v) is 5.23. The SMILES string of the molecule is Cc1cccc(C)c1NCC(=O)Nc1cccc(S(=O)(=O)NCCN)c1.Cl.Cl. The number of hydrogen-bond donors (Lipinski definition) is 4. The summed E-state index contributed by atoms with van der Waals surface area (Å²) in [5.74, 6) is -0.267. The second-order valence-corrected chi connectivity index (χ2v) is 7.65. The highest BCUT2D eigenvalue weighted by Crippen LogP contribution is 2.19. The van der Waals surface area contributed by atoms with E-state index in [9.17, 15) is 13.2 Å². The Morgan fingerprint density at radius 1 is 1.04 bits per heavy atom. The van der Waals surface area contributed by atoms with Gasteiger partial charge in [0.15, 0.2) is 0 Å². The molecule has 0 saturated carbocycles. The van der Waals surface area contributed by atoms with Crippen molar-refractivity contribution in [3.63, 3.8) is 0 Å². The number of rotatable bonds is 8. The molecule has 2 rings (SSSR count). The van der Waals surface area contributed by atoms with Crippen molar-refractivity contribution in [2.45, 2.75) is 18.7 Å². The van der Waals surface area contributed by atoms with Gasteiger partial charge in [0.1, 0.15) is 0 Å². The fourth-order valence-electron chi connectivity index (χ4n) is 2.48. The van der Waals surface area contributed by atoms with Crippen molar-refractivity contribution in [2.75, 3.05) is 30.3 Å². The lowest BCUT2D eigenvalue weighted by Gasteiger charge is -2.13. The number of para-hydroxylation sites is 1. The van der Waals surface area contributed by atoms with Crippen LogP contribution in [0.2, 0.25) is 0 Å². The first-order chi connectivity index (χ1) is 12.3. The summed E-state index contributed by atoms with van der Waals surface area (Å²) in [6, 6.07) is 12.0. The molecule has 0 fully saturated rings. The first-order valence-corrected chi connectivity index (χ1v) is 9.71. The molecule has 0 aliphatic carbocycles. The van der Waals surface area contributed by atoms with Crippen LogP contribution in [-0.4, -0.2) is 34.0 Å². The fourth-order valence-corrected chi connectivity index (χ4v) is 3.58. The standard InChI is InChI=1S/C18H24N4O3S.2ClH/c1-13-5-3-6-14(2)18(13)20-12-17(23)22-15-7-4-8-16(11-15)26(24,25)21-10-9-19;;/h3-8,11,20-21H,9-10,12,19H2,1-2H3,(H,22,23);2*1H. The molecule has 2 aromatic carbocycles. The van der Waals surface area contributed by atoms with E-state index in [2.05, 4.69) is 15.4 Å². The van der Waals surface area contributed by atoms with Gasteiger partial charge < -0.3 is 16.4 Å². The number of benzene rings is 2. The van der Waals surface area contributed by atoms with E-state index in [4.69, 9.17) is 5.73 Å². The molecule has 1 amide bonds. The predicted octanol–water partition coefficient (Wildman–Crippen LogP) is 2.43. The highest BCUT2D eigenvalue weighted by atomic mass is 35.5. The molecular weight excluding hydrogens is 423 g/mol. The van der Waals surface area contributed by atoms with E-state index in [1.807, 2.05) is 32.0 Å². The molecular formula is C18H26Cl2N4O3S. The van der Waals surface area contributed by atoms with Crippen molar-refractivity contribution in [2.24, 2.45) is 5.73 Å². The van der Waals surface area contributed by atoms with Crippen LogP contribution in [0, 0.1) is 13.8 Å². The van der Waals surface area contributed by atoms with Crippen LogP contribution in [0.5, 0.6) is 0 Å². The van der Waals surface area contributed by atoms with Gasteiger partial charge >= 0.3 is 0 Å². The summed E-state index contributed by atoms with van der Waals surface area (Å²) < 4.78 is 26.6. The van der Waals surface area contributed by atoms with Gasteiger partial charge in [0.2, 0.25) is 15.9 Å². The van der Waals surface area contributed by atoms with E-state index in [1.54, 1.807) is 12.1 Å². The molecule has 156 valence electrons. The van der Waals surface area contributed by atoms with Gasteiger partial charge in [-0.1, -0.05) is 24.3 Å². The normalized spacial score (nSPS) is 10.4. The number of sulfonamides is 1. The fraction of sp³-hybridized carbons (Fsp3) is 0.278. The van der Waals surface area contributed by atoms with Gasteiger partial charge in [0, 0.05) is 24.5 Å². The molecule has 0 aromatic heterocycles. The lowest BCUT2D eigenvalue weighted by Crippen LogP contribution is -2.29. The van der Waals surface area contributed by atoms with Gasteiger partial charge in [-0.25, -0.2) is 13.1 Å². The summed E-state index contributed by atoms with van der Waals surface area (Å²) in [5, 5.41) is 5.82. The lowest BCUT2D eigenvalue weighted by molar-refractivity contribution is -0.114. The van der Waals surface area contributed by atoms with Crippen molar-refractivity contribution < 1.29 is 13.2 Å². The minimum atomic E-state index is -3.64. The van der Waals surface area contributed by atoms with Crippen LogP contribution in [0.25, 0.3) is 0 Å². The summed E-state index contributed by atoms with van der Waals surface area (Å²) in [6.07, 6.45) is 0. The summed E-state index contributed by atoms with van der Waals surface area (Å²) in [5.41, 5.74) is 8.76. The monoisotopic (exact) mass is 448 g/mol. The maximum atomic E-state index is 12.2. The minimum Gasteiger partial charge on any atom is -0.376 e. The third kappa shape index (κ3) is 7.29. The average molecular weight is 449 g/mol. The molecule has 7 nitrogen and oxygen atoms in total. The first kappa shape index (κ1) is 26.2. The quantitative estimate of drug-likeness (QED) is 0.495. The molecule has 0 unspecified atom stereocenters. The van der Waals surface area contributed by atoms with Gasteiger partial charge in [-0.3, -0.25) is 4.79 Å². The largest absolute Gasteiger partial charge is 0.376 e. The maximum absolute atomic E-state index is 12.2. The third-order valence-electron chi connectivity index (χ3n) is 3.77. The van der Waals surface area contributed by atoms with Crippen LogP contribution in [0.15, 0.2) is 47.4 Å². The number of amides is 1. The number of hydrogen-bond acceptors (Lipinski definition) is 5. The van der Waals surface area contributed by atoms with Crippen molar-refractivity contribution >= 4 is 52.1 Å². The van der Waals surface area contributed by atoms with E-state index < -0.39 is 10.0 Å². The molecule has 0 bridgehead atoms. The molecule has 0 radical (unpaired) electrons. The van der Waals surface area contributed by atoms with Gasteiger partial charge in [0.25, 0.3) is 0 Å². The Bertz CT molecular complexity index is 872. The lowest BCUT2D eigenvalue weighted by atomic mass is 10.1. The zero-order valence-corrected chi connectivity index (χ0v) is 18.1. The highest BCUT2D eigenvalue weighted by Gasteiger charge is 2.14. The molecule has 0 saturated heterocycles. The maximum Gasteiger partial charge on any atom is 0.243 e. The highest BCUT2D eigenvalue weighted by molar-refractivity contribution is 7.89. The summed E-state index contributed by atoms with van der Waals surface area (Å²) >= 11 is 0. The van der Waals surface area contributed by atoms with Crippen LogP contribution in [-0.2, 0) is 14.8 Å². The van der Waals surface area contributed by atoms with Gasteiger partial charge in [0.05, 0.1) is 11.4 Å². The predicted molar refractivity (Wildman–Crippen MR) is 118 cm³/mol. The van der Waals surface area contributed by atoms with Crippen LogP contribution < -0.4 is 21.1 Å². The van der Waals surface area contributed by atoms with E-state index in [1.165, 1.54) is 12.1 Å². The van der Waals surface area contributed by atoms with Crippen molar-refractivity contribution in [1.29, 1.82) is 0 Å². The Labute approximate surface area is 178 Å². The summed E-state index contributed by atoms with van der Waals surface area (Å²) in [4.78, 5) is 12.3. The van der Waals surface area contributed by atoms with Gasteiger partial charge in [-0.05, 0) is 43.2 Å². The second kappa shape index (κ2) is 11.9. The number of nitrogens with one attached hydrogen (secondary N) is 3. The smallest absolute Gasteiger partial charge is 0.243 e. The Hall–Kier alpha value is -1.84. The van der Waals surface area contributed by atoms with Crippen LogP contribution in [0.4, 0.5) is 11.4 Å². The van der Waals surface area contributed by atoms with E-state index in [0.29, 0.717) is 5.69 Å². The summed E-state index contributed by atoms with van der Waals surface area (Å²) in [7, 11) is -3.64. The van der Waals surface area contributed by atoms with Gasteiger partial charge in [-0.15, -0.1) is 24.8 Å². The molecule has 28 heavy (non-hydrogen) atoms. The topological polar surface area (TPSA) is 113 Å². The van der Waals surface area contributed by atoms with E-state index in [0.717, 1.165) is 16.8 Å². The van der Waals surface area contributed by atoms with Crippen LogP contribution >= 0.6 is 24.8 Å². The molecule has 5 N–H and O–H groups in total. The van der Waals surface area contributed by atoms with E-state index >= 15 is 0 Å². The summed E-state index contributed by atoms with van der Waals surface area (Å²) in [6.45, 7) is 4.37. The Kier molecular flexibility index (Phi) is 11.1. The molecule has 0 aliphatic heterocycles. The number of nitrogens with two attached hydrogens (primary N) is 1. The number of halogens is 2. The number of anilines is 2. The number of carbonyl (C=O) groups excluding carboxylic acids is 1. The molecule has 2 aromatic rings. The Morgan fingerprint density at radius 2 is 1.64 bits per heavy atom. The van der Waals surface area contributed by atoms with Crippen LogP contribution in [0.3, 0.4) is 0 Å². The van der Waals surface area contributed by atoms with Crippen LogP contribution in [0.1, 0.15) is 11.1 Å². The van der Waals surface area contributed by atoms with Crippen molar-refractivity contribution in [1.82, 2.24) is 4.72 Å². The first-order valence-electron chi connectivity index (χ1n) is 8.23. The molecule has 0 aliphatic rings. The molecule has 0 heterocycles. The van der Waals surface area contributed by atoms with Gasteiger partial charge in [-0.2, -0.15) is 0 Å². The zero-order chi connectivity index (χ0) is 19.2. The zero-order valence-electron chi connectivity index (χ0n) is 15.7. The Morgan fingerprint density at radius 3 is 2.25 bits per heavy atom. The van der Waals surface area contributed by atoms with Crippen molar-refractivity contribution in [3.05, 3.63) is 53.6 Å². The molecule has 0 spiro atoms.